The van der Waals surface area contributed by atoms with Crippen molar-refractivity contribution in [3.05, 3.63) is 83.8 Å². The van der Waals surface area contributed by atoms with E-state index in [1.54, 1.807) is 0 Å². The molecule has 0 bridgehead atoms. The van der Waals surface area contributed by atoms with Crippen LogP contribution in [0.4, 0.5) is 10.1 Å². The molecule has 1 aromatic heterocycles. The maximum absolute atomic E-state index is 14.7. The summed E-state index contributed by atoms with van der Waals surface area (Å²) in [5, 5.41) is 0.991. The molecule has 0 saturated heterocycles. The summed E-state index contributed by atoms with van der Waals surface area (Å²) in [4.78, 5) is 4.75. The standard InChI is InChI=1S/C26H28FN3O4S/c1-30(2)18-11-9-17(10-12-18)20(21-15-28-23-8-6-5-7-19(21)23)16-29-35(31,32)26-14-25(34-4)24(33-3)13-22(26)27/h5-15,20,28-29H,16H2,1-4H3/t20-/m1/s1. The van der Waals surface area contributed by atoms with Gasteiger partial charge < -0.3 is 19.4 Å². The number of halogens is 1. The van der Waals surface area contributed by atoms with E-state index in [2.05, 4.69) is 9.71 Å². The van der Waals surface area contributed by atoms with Gasteiger partial charge in [0.25, 0.3) is 0 Å². The van der Waals surface area contributed by atoms with Crippen LogP contribution in [0.15, 0.2) is 71.8 Å². The second-order valence-electron chi connectivity index (χ2n) is 8.32. The van der Waals surface area contributed by atoms with Gasteiger partial charge in [-0.25, -0.2) is 17.5 Å². The number of benzene rings is 3. The van der Waals surface area contributed by atoms with Gasteiger partial charge in [-0.15, -0.1) is 0 Å². The Kier molecular flexibility index (Phi) is 7.00. The van der Waals surface area contributed by atoms with Crippen molar-refractivity contribution in [1.29, 1.82) is 0 Å². The third-order valence-electron chi connectivity index (χ3n) is 6.01. The van der Waals surface area contributed by atoms with Gasteiger partial charge in [-0.2, -0.15) is 0 Å². The number of ether oxygens (including phenoxy) is 2. The molecule has 0 amide bonds. The second-order valence-corrected chi connectivity index (χ2v) is 10.1. The first-order chi connectivity index (χ1) is 16.7. The van der Waals surface area contributed by atoms with E-state index >= 15 is 0 Å². The van der Waals surface area contributed by atoms with Crippen molar-refractivity contribution < 1.29 is 22.3 Å². The fourth-order valence-electron chi connectivity index (χ4n) is 4.11. The number of sulfonamides is 1. The van der Waals surface area contributed by atoms with Crippen molar-refractivity contribution in [1.82, 2.24) is 9.71 Å². The fourth-order valence-corrected chi connectivity index (χ4v) is 5.23. The normalized spacial score (nSPS) is 12.5. The summed E-state index contributed by atoms with van der Waals surface area (Å²) in [5.74, 6) is -1.00. The topological polar surface area (TPSA) is 83.7 Å². The quantitative estimate of drug-likeness (QED) is 0.356. The van der Waals surface area contributed by atoms with Gasteiger partial charge in [0.05, 0.1) is 14.2 Å². The number of anilines is 1. The van der Waals surface area contributed by atoms with Crippen LogP contribution in [0, 0.1) is 5.82 Å². The van der Waals surface area contributed by atoms with Gasteiger partial charge in [0.2, 0.25) is 10.0 Å². The zero-order valence-electron chi connectivity index (χ0n) is 20.0. The molecule has 9 heteroatoms. The fraction of sp³-hybridized carbons (Fsp3) is 0.231. The van der Waals surface area contributed by atoms with Crippen molar-refractivity contribution in [3.63, 3.8) is 0 Å². The van der Waals surface area contributed by atoms with Crippen LogP contribution in [0.2, 0.25) is 0 Å². The number of para-hydroxylation sites is 1. The molecular weight excluding hydrogens is 469 g/mol. The molecule has 0 saturated carbocycles. The molecule has 0 unspecified atom stereocenters. The number of aromatic amines is 1. The zero-order chi connectivity index (χ0) is 25.2. The van der Waals surface area contributed by atoms with Gasteiger partial charge in [-0.1, -0.05) is 30.3 Å². The monoisotopic (exact) mass is 497 g/mol. The molecule has 4 rings (SSSR count). The van der Waals surface area contributed by atoms with E-state index in [9.17, 15) is 12.8 Å². The molecule has 0 aliphatic carbocycles. The molecule has 3 aromatic carbocycles. The number of hydrogen-bond acceptors (Lipinski definition) is 5. The summed E-state index contributed by atoms with van der Waals surface area (Å²) >= 11 is 0. The summed E-state index contributed by atoms with van der Waals surface area (Å²) < 4.78 is 53.9. The first kappa shape index (κ1) is 24.6. The van der Waals surface area contributed by atoms with E-state index in [0.717, 1.165) is 39.8 Å². The zero-order valence-corrected chi connectivity index (χ0v) is 20.8. The minimum atomic E-state index is -4.20. The van der Waals surface area contributed by atoms with Gasteiger partial charge in [-0.3, -0.25) is 0 Å². The number of hydrogen-bond donors (Lipinski definition) is 2. The lowest BCUT2D eigenvalue weighted by Gasteiger charge is -2.20. The van der Waals surface area contributed by atoms with E-state index < -0.39 is 20.7 Å². The van der Waals surface area contributed by atoms with Gasteiger partial charge in [0.1, 0.15) is 10.7 Å². The Morgan fingerprint density at radius 3 is 2.31 bits per heavy atom. The van der Waals surface area contributed by atoms with Crippen molar-refractivity contribution in [2.75, 3.05) is 39.8 Å². The number of nitrogens with zero attached hydrogens (tertiary/aromatic N) is 1. The Morgan fingerprint density at radius 2 is 1.66 bits per heavy atom. The van der Waals surface area contributed by atoms with Crippen LogP contribution in [0.3, 0.4) is 0 Å². The highest BCUT2D eigenvalue weighted by molar-refractivity contribution is 7.89. The number of H-pyrrole nitrogens is 1. The predicted octanol–water partition coefficient (Wildman–Crippen LogP) is 4.50. The largest absolute Gasteiger partial charge is 0.493 e. The van der Waals surface area contributed by atoms with Gasteiger partial charge in [0.15, 0.2) is 11.5 Å². The SMILES string of the molecule is COc1cc(F)c(S(=O)(=O)NC[C@H](c2ccc(N(C)C)cc2)c2c[nH]c3ccccc23)cc1OC. The first-order valence-electron chi connectivity index (χ1n) is 11.0. The van der Waals surface area contributed by atoms with Crippen molar-refractivity contribution >= 4 is 26.6 Å². The minimum Gasteiger partial charge on any atom is -0.493 e. The first-order valence-corrected chi connectivity index (χ1v) is 12.5. The molecule has 4 aromatic rings. The molecule has 1 heterocycles. The lowest BCUT2D eigenvalue weighted by atomic mass is 9.91. The number of fused-ring (bicyclic) bond motifs is 1. The van der Waals surface area contributed by atoms with E-state index in [4.69, 9.17) is 9.47 Å². The maximum atomic E-state index is 14.7. The summed E-state index contributed by atoms with van der Waals surface area (Å²) in [7, 11) is 2.44. The Balaban J connectivity index is 1.71. The van der Waals surface area contributed by atoms with E-state index in [-0.39, 0.29) is 24.0 Å². The average Bonchev–Trinajstić information content (AvgIpc) is 3.28. The lowest BCUT2D eigenvalue weighted by Crippen LogP contribution is -2.29. The molecule has 2 N–H and O–H groups in total. The van der Waals surface area contributed by atoms with Crippen LogP contribution >= 0.6 is 0 Å². The summed E-state index contributed by atoms with van der Waals surface area (Å²) in [6.45, 7) is 0.0271. The summed E-state index contributed by atoms with van der Waals surface area (Å²) in [6, 6.07) is 17.9. The molecule has 1 atom stereocenters. The number of aromatic nitrogens is 1. The van der Waals surface area contributed by atoms with Crippen LogP contribution < -0.4 is 19.1 Å². The second kappa shape index (κ2) is 9.97. The molecule has 0 aliphatic heterocycles. The highest BCUT2D eigenvalue weighted by atomic mass is 32.2. The van der Waals surface area contributed by atoms with Crippen LogP contribution in [-0.4, -0.2) is 48.3 Å². The minimum absolute atomic E-state index is 0.0271. The summed E-state index contributed by atoms with van der Waals surface area (Å²) in [6.07, 6.45) is 1.89. The third kappa shape index (κ3) is 4.96. The molecule has 7 nitrogen and oxygen atoms in total. The Labute approximate surface area is 204 Å². The maximum Gasteiger partial charge on any atom is 0.243 e. The molecular formula is C26H28FN3O4S. The van der Waals surface area contributed by atoms with Gasteiger partial charge in [0, 0.05) is 61.5 Å². The van der Waals surface area contributed by atoms with Crippen LogP contribution in [0.1, 0.15) is 17.0 Å². The van der Waals surface area contributed by atoms with E-state index in [1.165, 1.54) is 14.2 Å². The van der Waals surface area contributed by atoms with Crippen molar-refractivity contribution in [3.8, 4) is 11.5 Å². The number of methoxy groups -OCH3 is 2. The van der Waals surface area contributed by atoms with Crippen LogP contribution in [0.5, 0.6) is 11.5 Å². The number of rotatable bonds is 9. The molecule has 184 valence electrons. The van der Waals surface area contributed by atoms with Crippen LogP contribution in [0.25, 0.3) is 10.9 Å². The van der Waals surface area contributed by atoms with E-state index in [0.29, 0.717) is 0 Å². The highest BCUT2D eigenvalue weighted by Crippen LogP contribution is 2.34. The third-order valence-corrected chi connectivity index (χ3v) is 7.45. The summed E-state index contributed by atoms with van der Waals surface area (Å²) in [5.41, 5.74) is 3.84. The van der Waals surface area contributed by atoms with Gasteiger partial charge in [-0.05, 0) is 29.3 Å². The smallest absolute Gasteiger partial charge is 0.243 e. The van der Waals surface area contributed by atoms with E-state index in [1.807, 2.05) is 73.7 Å². The Bertz CT molecular complexity index is 1430. The number of nitrogens with one attached hydrogen (secondary N) is 2. The lowest BCUT2D eigenvalue weighted by molar-refractivity contribution is 0.350. The molecule has 0 spiro atoms. The average molecular weight is 498 g/mol. The Hall–Kier alpha value is -3.56. The van der Waals surface area contributed by atoms with Crippen molar-refractivity contribution in [2.24, 2.45) is 0 Å². The molecule has 0 fully saturated rings. The highest BCUT2D eigenvalue weighted by Gasteiger charge is 2.26. The molecule has 0 aliphatic rings. The van der Waals surface area contributed by atoms with Gasteiger partial charge >= 0.3 is 0 Å². The molecule has 0 radical (unpaired) electrons. The Morgan fingerprint density at radius 1 is 1.00 bits per heavy atom. The van der Waals surface area contributed by atoms with Crippen molar-refractivity contribution in [2.45, 2.75) is 10.8 Å². The predicted molar refractivity (Wildman–Crippen MR) is 136 cm³/mol. The van der Waals surface area contributed by atoms with Crippen LogP contribution in [-0.2, 0) is 10.0 Å². The molecule has 35 heavy (non-hydrogen) atoms.